The van der Waals surface area contributed by atoms with Gasteiger partial charge in [-0.1, -0.05) is 32.9 Å². The number of thioether (sulfide) groups is 1. The largest absolute Gasteiger partial charge is 0.396 e. The number of imide groups is 1. The molecule has 3 rings (SSSR count). The van der Waals surface area contributed by atoms with E-state index in [-0.39, 0.29) is 33.9 Å². The van der Waals surface area contributed by atoms with Crippen LogP contribution in [0, 0.1) is 10.1 Å². The molecule has 30 heavy (non-hydrogen) atoms. The molecule has 0 radical (unpaired) electrons. The summed E-state index contributed by atoms with van der Waals surface area (Å²) in [4.78, 5) is 38.1. The van der Waals surface area contributed by atoms with Gasteiger partial charge in [0.25, 0.3) is 17.5 Å². The van der Waals surface area contributed by atoms with Gasteiger partial charge in [0.1, 0.15) is 0 Å². The molecule has 0 saturated carbocycles. The average molecular weight is 426 g/mol. The van der Waals surface area contributed by atoms with Gasteiger partial charge in [0, 0.05) is 17.9 Å². The Balaban J connectivity index is 2.01. The van der Waals surface area contributed by atoms with Gasteiger partial charge in [0.2, 0.25) is 0 Å². The van der Waals surface area contributed by atoms with Gasteiger partial charge in [-0.05, 0) is 40.8 Å². The van der Waals surface area contributed by atoms with Gasteiger partial charge in [-0.3, -0.25) is 19.7 Å². The molecular formula is C22H22N2O5S. The van der Waals surface area contributed by atoms with Gasteiger partial charge < -0.3 is 5.11 Å². The molecule has 1 heterocycles. The highest BCUT2D eigenvalue weighted by atomic mass is 32.2. The van der Waals surface area contributed by atoms with Crippen molar-refractivity contribution in [3.63, 3.8) is 0 Å². The van der Waals surface area contributed by atoms with Gasteiger partial charge in [-0.15, -0.1) is 11.8 Å². The molecule has 0 fully saturated rings. The summed E-state index contributed by atoms with van der Waals surface area (Å²) in [7, 11) is 0. The summed E-state index contributed by atoms with van der Waals surface area (Å²) >= 11 is 1.10. The van der Waals surface area contributed by atoms with E-state index in [0.29, 0.717) is 11.3 Å². The number of nitro groups is 1. The maximum absolute atomic E-state index is 13.2. The van der Waals surface area contributed by atoms with E-state index >= 15 is 0 Å². The van der Waals surface area contributed by atoms with Crippen LogP contribution in [0.1, 0.15) is 31.9 Å². The van der Waals surface area contributed by atoms with Crippen molar-refractivity contribution in [2.24, 2.45) is 0 Å². The summed E-state index contributed by atoms with van der Waals surface area (Å²) < 4.78 is 0. The number of nitrogens with zero attached hydrogens (tertiary/aromatic N) is 2. The first-order valence-corrected chi connectivity index (χ1v) is 10.4. The van der Waals surface area contributed by atoms with Crippen molar-refractivity contribution in [2.75, 3.05) is 17.3 Å². The normalized spacial score (nSPS) is 14.6. The lowest BCUT2D eigenvalue weighted by molar-refractivity contribution is -0.384. The predicted molar refractivity (Wildman–Crippen MR) is 117 cm³/mol. The van der Waals surface area contributed by atoms with Crippen molar-refractivity contribution in [1.82, 2.24) is 0 Å². The van der Waals surface area contributed by atoms with Crippen molar-refractivity contribution in [2.45, 2.75) is 26.2 Å². The second kappa shape index (κ2) is 8.41. The molecule has 1 aliphatic heterocycles. The fraction of sp³-hybridized carbons (Fsp3) is 0.273. The second-order valence-corrected chi connectivity index (χ2v) is 8.93. The van der Waals surface area contributed by atoms with Crippen molar-refractivity contribution in [3.8, 4) is 0 Å². The Morgan fingerprint density at radius 3 is 2.10 bits per heavy atom. The highest BCUT2D eigenvalue weighted by molar-refractivity contribution is 8.04. The maximum Gasteiger partial charge on any atom is 0.272 e. The molecule has 1 N–H and O–H groups in total. The Labute approximate surface area is 178 Å². The van der Waals surface area contributed by atoms with Gasteiger partial charge in [-0.2, -0.15) is 0 Å². The van der Waals surface area contributed by atoms with Crippen molar-refractivity contribution >= 4 is 40.5 Å². The van der Waals surface area contributed by atoms with Crippen LogP contribution in [0.25, 0.3) is 5.57 Å². The molecule has 2 amide bonds. The van der Waals surface area contributed by atoms with E-state index < -0.39 is 16.7 Å². The minimum atomic E-state index is -0.524. The zero-order valence-corrected chi connectivity index (χ0v) is 17.7. The maximum atomic E-state index is 13.2. The van der Waals surface area contributed by atoms with E-state index in [4.69, 9.17) is 0 Å². The average Bonchev–Trinajstić information content (AvgIpc) is 2.95. The highest BCUT2D eigenvalue weighted by Crippen LogP contribution is 2.39. The Kier molecular flexibility index (Phi) is 6.09. The number of hydrogen-bond acceptors (Lipinski definition) is 6. The lowest BCUT2D eigenvalue weighted by Gasteiger charge is -2.21. The quantitative estimate of drug-likeness (QED) is 0.427. The van der Waals surface area contributed by atoms with Gasteiger partial charge in [0.15, 0.2) is 0 Å². The molecule has 7 nitrogen and oxygen atoms in total. The molecule has 2 aromatic carbocycles. The number of aliphatic hydroxyl groups excluding tert-OH is 1. The molecule has 0 bridgehead atoms. The molecule has 0 atom stereocenters. The standard InChI is InChI=1S/C22H22N2O5S/c1-22(2,3)15-6-10-16(11-7-15)23-20(26)18(19(21(23)27)30-13-12-25)14-4-8-17(9-5-14)24(28)29/h4-11,25H,12-13H2,1-3H3. The fourth-order valence-electron chi connectivity index (χ4n) is 3.14. The van der Waals surface area contributed by atoms with E-state index in [9.17, 15) is 24.8 Å². The minimum Gasteiger partial charge on any atom is -0.396 e. The second-order valence-electron chi connectivity index (χ2n) is 7.82. The smallest absolute Gasteiger partial charge is 0.272 e. The first-order valence-electron chi connectivity index (χ1n) is 9.37. The third-order valence-electron chi connectivity index (χ3n) is 4.74. The van der Waals surface area contributed by atoms with Gasteiger partial charge >= 0.3 is 0 Å². The topological polar surface area (TPSA) is 101 Å². The number of amides is 2. The predicted octanol–water partition coefficient (Wildman–Crippen LogP) is 3.90. The number of benzene rings is 2. The van der Waals surface area contributed by atoms with Crippen LogP contribution < -0.4 is 4.90 Å². The number of carbonyl (C=O) groups excluding carboxylic acids is 2. The van der Waals surface area contributed by atoms with Gasteiger partial charge in [0.05, 0.1) is 27.7 Å². The van der Waals surface area contributed by atoms with Crippen LogP contribution in [0.3, 0.4) is 0 Å². The molecule has 1 aliphatic rings. The Morgan fingerprint density at radius 1 is 1.00 bits per heavy atom. The van der Waals surface area contributed by atoms with Crippen LogP contribution in [-0.4, -0.2) is 34.2 Å². The molecule has 0 unspecified atom stereocenters. The summed E-state index contributed by atoms with van der Waals surface area (Å²) in [6.07, 6.45) is 0. The monoisotopic (exact) mass is 426 g/mol. The van der Waals surface area contributed by atoms with Crippen LogP contribution in [-0.2, 0) is 15.0 Å². The zero-order valence-electron chi connectivity index (χ0n) is 16.9. The summed E-state index contributed by atoms with van der Waals surface area (Å²) in [5.74, 6) is -0.699. The number of non-ortho nitro benzene ring substituents is 1. The third-order valence-corrected chi connectivity index (χ3v) is 5.79. The molecule has 0 spiro atoms. The molecule has 0 saturated heterocycles. The summed E-state index contributed by atoms with van der Waals surface area (Å²) in [6.45, 7) is 6.08. The number of hydrogen-bond donors (Lipinski definition) is 1. The first kappa shape index (κ1) is 21.7. The summed E-state index contributed by atoms with van der Waals surface area (Å²) in [5, 5.41) is 20.1. The molecule has 0 aromatic heterocycles. The van der Waals surface area contributed by atoms with Crippen LogP contribution in [0.4, 0.5) is 11.4 Å². The molecule has 2 aromatic rings. The van der Waals surface area contributed by atoms with Crippen molar-refractivity contribution in [1.29, 1.82) is 0 Å². The Bertz CT molecular complexity index is 1020. The molecular weight excluding hydrogens is 404 g/mol. The van der Waals surface area contributed by atoms with E-state index in [1.165, 1.54) is 24.3 Å². The summed E-state index contributed by atoms with van der Waals surface area (Å²) in [6, 6.07) is 12.8. The van der Waals surface area contributed by atoms with Crippen molar-refractivity contribution < 1.29 is 19.6 Å². The number of anilines is 1. The third kappa shape index (κ3) is 4.15. The molecule has 8 heteroatoms. The Morgan fingerprint density at radius 2 is 1.60 bits per heavy atom. The lowest BCUT2D eigenvalue weighted by atomic mass is 9.87. The summed E-state index contributed by atoms with van der Waals surface area (Å²) in [5.41, 5.74) is 1.97. The lowest BCUT2D eigenvalue weighted by Crippen LogP contribution is -2.31. The number of aliphatic hydroxyl groups is 1. The van der Waals surface area contributed by atoms with Crippen LogP contribution in [0.2, 0.25) is 0 Å². The zero-order chi connectivity index (χ0) is 22.1. The Hall–Kier alpha value is -2.97. The van der Waals surface area contributed by atoms with E-state index in [0.717, 1.165) is 22.2 Å². The minimum absolute atomic E-state index is 0.0676. The molecule has 0 aliphatic carbocycles. The van der Waals surface area contributed by atoms with E-state index in [1.54, 1.807) is 12.1 Å². The van der Waals surface area contributed by atoms with Crippen LogP contribution in [0.15, 0.2) is 53.4 Å². The highest BCUT2D eigenvalue weighted by Gasteiger charge is 2.40. The number of nitro benzene ring substituents is 1. The van der Waals surface area contributed by atoms with Gasteiger partial charge in [-0.25, -0.2) is 4.90 Å². The van der Waals surface area contributed by atoms with E-state index in [2.05, 4.69) is 20.8 Å². The van der Waals surface area contributed by atoms with Crippen molar-refractivity contribution in [3.05, 3.63) is 74.7 Å². The fourth-order valence-corrected chi connectivity index (χ4v) is 4.00. The van der Waals surface area contributed by atoms with Crippen LogP contribution in [0.5, 0.6) is 0 Å². The number of rotatable bonds is 6. The van der Waals surface area contributed by atoms with Crippen LogP contribution >= 0.6 is 11.8 Å². The number of carbonyl (C=O) groups is 2. The van der Waals surface area contributed by atoms with E-state index in [1.807, 2.05) is 12.1 Å². The molecule has 156 valence electrons. The SMILES string of the molecule is CC(C)(C)c1ccc(N2C(=O)C(SCCO)=C(c3ccc([N+](=O)[O-])cc3)C2=O)cc1. The first-order chi connectivity index (χ1) is 14.1.